The van der Waals surface area contributed by atoms with E-state index >= 15 is 0 Å². The first-order chi connectivity index (χ1) is 8.08. The number of hydrogen-bond acceptors (Lipinski definition) is 2. The molecule has 6 heteroatoms. The molecule has 1 unspecified atom stereocenters. The van der Waals surface area contributed by atoms with E-state index in [0.717, 1.165) is 12.8 Å². The minimum absolute atomic E-state index is 0. The summed E-state index contributed by atoms with van der Waals surface area (Å²) in [5.74, 6) is -0.767. The smallest absolute Gasteiger partial charge is 0.256 e. The Hall–Kier alpha value is -0.650. The first kappa shape index (κ1) is 15.4. The molecule has 18 heavy (non-hydrogen) atoms. The third-order valence-corrected chi connectivity index (χ3v) is 3.40. The van der Waals surface area contributed by atoms with E-state index in [1.807, 2.05) is 0 Å². The Morgan fingerprint density at radius 3 is 2.89 bits per heavy atom. The zero-order chi connectivity index (χ0) is 12.4. The Morgan fingerprint density at radius 1 is 1.50 bits per heavy atom. The second-order valence-electron chi connectivity index (χ2n) is 4.28. The summed E-state index contributed by atoms with van der Waals surface area (Å²) < 4.78 is 14.3. The van der Waals surface area contributed by atoms with Crippen LogP contribution < -0.4 is 5.73 Å². The number of piperidine rings is 1. The Kier molecular flexibility index (Phi) is 5.56. The van der Waals surface area contributed by atoms with Crippen LogP contribution in [-0.2, 0) is 0 Å². The van der Waals surface area contributed by atoms with Crippen LogP contribution in [0.2, 0.25) is 0 Å². The number of hydrogen-bond donors (Lipinski definition) is 1. The first-order valence-corrected chi connectivity index (χ1v) is 6.37. The van der Waals surface area contributed by atoms with Crippen molar-refractivity contribution in [3.8, 4) is 0 Å². The van der Waals surface area contributed by atoms with Crippen molar-refractivity contribution in [2.75, 3.05) is 13.1 Å². The minimum atomic E-state index is -0.489. The molecule has 0 spiro atoms. The third-order valence-electron chi connectivity index (χ3n) is 2.90. The molecule has 1 atom stereocenters. The summed E-state index contributed by atoms with van der Waals surface area (Å²) in [5, 5.41) is 0. The van der Waals surface area contributed by atoms with Gasteiger partial charge in [-0.05, 0) is 31.0 Å². The topological polar surface area (TPSA) is 46.3 Å². The van der Waals surface area contributed by atoms with Crippen LogP contribution in [0.15, 0.2) is 22.7 Å². The Morgan fingerprint density at radius 2 is 2.22 bits per heavy atom. The van der Waals surface area contributed by atoms with E-state index in [4.69, 9.17) is 5.73 Å². The highest BCUT2D eigenvalue weighted by Gasteiger charge is 2.24. The second kappa shape index (κ2) is 6.50. The molecule has 1 aromatic rings. The van der Waals surface area contributed by atoms with Gasteiger partial charge in [0.25, 0.3) is 5.91 Å². The van der Waals surface area contributed by atoms with Gasteiger partial charge in [0, 0.05) is 23.6 Å². The van der Waals surface area contributed by atoms with Crippen LogP contribution in [0.4, 0.5) is 4.39 Å². The molecule has 0 bridgehead atoms. The van der Waals surface area contributed by atoms with Crippen molar-refractivity contribution < 1.29 is 9.18 Å². The fourth-order valence-electron chi connectivity index (χ4n) is 2.03. The number of rotatable bonds is 1. The molecule has 1 fully saturated rings. The summed E-state index contributed by atoms with van der Waals surface area (Å²) >= 11 is 3.24. The normalized spacial score (nSPS) is 19.3. The Balaban J connectivity index is 0.00000162. The van der Waals surface area contributed by atoms with Gasteiger partial charge in [-0.15, -0.1) is 12.4 Å². The Labute approximate surface area is 120 Å². The molecule has 1 aliphatic heterocycles. The fourth-order valence-corrected chi connectivity index (χ4v) is 2.39. The second-order valence-corrected chi connectivity index (χ2v) is 5.19. The molecule has 1 aromatic carbocycles. The van der Waals surface area contributed by atoms with Crippen LogP contribution in [0.5, 0.6) is 0 Å². The maximum Gasteiger partial charge on any atom is 0.256 e. The van der Waals surface area contributed by atoms with E-state index in [9.17, 15) is 9.18 Å². The maximum absolute atomic E-state index is 13.6. The van der Waals surface area contributed by atoms with Crippen LogP contribution in [0.25, 0.3) is 0 Å². The number of likely N-dealkylation sites (tertiary alicyclic amines) is 1. The van der Waals surface area contributed by atoms with Crippen molar-refractivity contribution >= 4 is 34.2 Å². The van der Waals surface area contributed by atoms with Gasteiger partial charge in [-0.3, -0.25) is 4.79 Å². The number of nitrogens with two attached hydrogens (primary N) is 1. The zero-order valence-corrected chi connectivity index (χ0v) is 12.1. The quantitative estimate of drug-likeness (QED) is 0.856. The van der Waals surface area contributed by atoms with E-state index < -0.39 is 5.82 Å². The van der Waals surface area contributed by atoms with Gasteiger partial charge < -0.3 is 10.6 Å². The minimum Gasteiger partial charge on any atom is -0.337 e. The number of benzene rings is 1. The van der Waals surface area contributed by atoms with Gasteiger partial charge in [-0.2, -0.15) is 0 Å². The van der Waals surface area contributed by atoms with Crippen molar-refractivity contribution in [2.24, 2.45) is 5.73 Å². The summed E-state index contributed by atoms with van der Waals surface area (Å²) in [6.07, 6.45) is 1.80. The highest BCUT2D eigenvalue weighted by Crippen LogP contribution is 2.19. The molecule has 3 nitrogen and oxygen atoms in total. The van der Waals surface area contributed by atoms with Crippen molar-refractivity contribution in [2.45, 2.75) is 18.9 Å². The largest absolute Gasteiger partial charge is 0.337 e. The monoisotopic (exact) mass is 336 g/mol. The average molecular weight is 338 g/mol. The van der Waals surface area contributed by atoms with Gasteiger partial charge in [0.2, 0.25) is 0 Å². The maximum atomic E-state index is 13.6. The number of carbonyl (C=O) groups excluding carboxylic acids is 1. The molecule has 1 amide bonds. The molecule has 100 valence electrons. The number of amides is 1. The predicted molar refractivity (Wildman–Crippen MR) is 74.5 cm³/mol. The van der Waals surface area contributed by atoms with Gasteiger partial charge >= 0.3 is 0 Å². The lowest BCUT2D eigenvalue weighted by Gasteiger charge is -2.30. The summed E-state index contributed by atoms with van der Waals surface area (Å²) in [5.41, 5.74) is 5.92. The predicted octanol–water partition coefficient (Wildman–Crippen LogP) is 2.57. The van der Waals surface area contributed by atoms with Gasteiger partial charge in [0.1, 0.15) is 5.82 Å². The van der Waals surface area contributed by atoms with Crippen LogP contribution in [0, 0.1) is 5.82 Å². The average Bonchev–Trinajstić information content (AvgIpc) is 2.31. The van der Waals surface area contributed by atoms with Gasteiger partial charge in [-0.1, -0.05) is 15.9 Å². The molecule has 0 aliphatic carbocycles. The molecule has 1 aliphatic rings. The molecule has 1 heterocycles. The molecular weight excluding hydrogens is 323 g/mol. The summed E-state index contributed by atoms with van der Waals surface area (Å²) in [7, 11) is 0. The molecule has 2 N–H and O–H groups in total. The van der Waals surface area contributed by atoms with Crippen molar-refractivity contribution in [3.05, 3.63) is 34.1 Å². The summed E-state index contributed by atoms with van der Waals surface area (Å²) in [6.45, 7) is 1.16. The molecule has 2 rings (SSSR count). The SMILES string of the molecule is Cl.NC1CCCN(C(=O)c2cc(Br)ccc2F)C1. The number of halogens is 3. The van der Waals surface area contributed by atoms with E-state index in [1.165, 1.54) is 12.1 Å². The van der Waals surface area contributed by atoms with Gasteiger partial charge in [0.15, 0.2) is 0 Å². The van der Waals surface area contributed by atoms with E-state index in [2.05, 4.69) is 15.9 Å². The van der Waals surface area contributed by atoms with E-state index in [-0.39, 0.29) is 29.9 Å². The highest BCUT2D eigenvalue weighted by atomic mass is 79.9. The van der Waals surface area contributed by atoms with Gasteiger partial charge in [-0.25, -0.2) is 4.39 Å². The first-order valence-electron chi connectivity index (χ1n) is 5.58. The van der Waals surface area contributed by atoms with Crippen LogP contribution in [0.1, 0.15) is 23.2 Å². The van der Waals surface area contributed by atoms with Crippen molar-refractivity contribution in [3.63, 3.8) is 0 Å². The number of nitrogens with zero attached hydrogens (tertiary/aromatic N) is 1. The lowest BCUT2D eigenvalue weighted by Crippen LogP contribution is -2.45. The Bertz CT molecular complexity index is 444. The summed E-state index contributed by atoms with van der Waals surface area (Å²) in [6, 6.07) is 4.38. The highest BCUT2D eigenvalue weighted by molar-refractivity contribution is 9.10. The van der Waals surface area contributed by atoms with Crippen LogP contribution >= 0.6 is 28.3 Å². The standard InChI is InChI=1S/C12H14BrFN2O.ClH/c13-8-3-4-11(14)10(6-8)12(17)16-5-1-2-9(15)7-16;/h3-4,6,9H,1-2,5,7,15H2;1H. The van der Waals surface area contributed by atoms with Crippen molar-refractivity contribution in [1.29, 1.82) is 0 Å². The lowest BCUT2D eigenvalue weighted by molar-refractivity contribution is 0.0704. The van der Waals surface area contributed by atoms with E-state index in [1.54, 1.807) is 11.0 Å². The van der Waals surface area contributed by atoms with Gasteiger partial charge in [0.05, 0.1) is 5.56 Å². The lowest BCUT2D eigenvalue weighted by atomic mass is 10.1. The van der Waals surface area contributed by atoms with Crippen LogP contribution in [-0.4, -0.2) is 29.9 Å². The third kappa shape index (κ3) is 3.43. The summed E-state index contributed by atoms with van der Waals surface area (Å²) in [4.78, 5) is 13.8. The van der Waals surface area contributed by atoms with E-state index in [0.29, 0.717) is 17.6 Å². The zero-order valence-electron chi connectivity index (χ0n) is 9.73. The molecule has 1 saturated heterocycles. The van der Waals surface area contributed by atoms with Crippen LogP contribution in [0.3, 0.4) is 0 Å². The fraction of sp³-hybridized carbons (Fsp3) is 0.417. The molecule has 0 radical (unpaired) electrons. The van der Waals surface area contributed by atoms with Crippen molar-refractivity contribution in [1.82, 2.24) is 4.90 Å². The molecule has 0 aromatic heterocycles. The molecule has 0 saturated carbocycles. The number of carbonyl (C=O) groups is 1. The molecular formula is C12H15BrClFN2O.